The fourth-order valence-electron chi connectivity index (χ4n) is 3.19. The van der Waals surface area contributed by atoms with E-state index in [0.717, 1.165) is 17.5 Å². The second kappa shape index (κ2) is 12.0. The molecular formula is C24H30Cl2N2O2. The number of rotatable bonds is 10. The average molecular weight is 449 g/mol. The molecule has 0 aliphatic heterocycles. The fraction of sp³-hybridized carbons (Fsp3) is 0.417. The predicted molar refractivity (Wildman–Crippen MR) is 124 cm³/mol. The molecule has 2 aromatic rings. The van der Waals surface area contributed by atoms with Gasteiger partial charge in [0.2, 0.25) is 11.8 Å². The minimum absolute atomic E-state index is 0.0259. The Labute approximate surface area is 189 Å². The first-order chi connectivity index (χ1) is 14.3. The number of hydrogen-bond donors (Lipinski definition) is 1. The molecule has 0 aromatic heterocycles. The maximum Gasteiger partial charge on any atom is 0.243 e. The topological polar surface area (TPSA) is 49.4 Å². The van der Waals surface area contributed by atoms with Crippen molar-refractivity contribution in [2.24, 2.45) is 0 Å². The minimum atomic E-state index is -0.632. The fourth-order valence-corrected chi connectivity index (χ4v) is 3.65. The van der Waals surface area contributed by atoms with Crippen LogP contribution in [-0.4, -0.2) is 28.8 Å². The van der Waals surface area contributed by atoms with Crippen molar-refractivity contribution < 1.29 is 9.59 Å². The van der Waals surface area contributed by atoms with Gasteiger partial charge in [-0.25, -0.2) is 0 Å². The number of benzene rings is 2. The Bertz CT molecular complexity index is 842. The zero-order chi connectivity index (χ0) is 22.1. The molecule has 0 unspecified atom stereocenters. The summed E-state index contributed by atoms with van der Waals surface area (Å²) in [4.78, 5) is 28.0. The highest BCUT2D eigenvalue weighted by Gasteiger charge is 2.30. The van der Waals surface area contributed by atoms with Gasteiger partial charge in [0.15, 0.2) is 0 Å². The van der Waals surface area contributed by atoms with Gasteiger partial charge in [0.1, 0.15) is 6.04 Å². The Morgan fingerprint density at radius 3 is 2.37 bits per heavy atom. The Balaban J connectivity index is 2.41. The van der Waals surface area contributed by atoms with E-state index in [1.54, 1.807) is 17.0 Å². The standard InChI is InChI=1S/C24H30Cl2N2O2/c1-4-9-23(29)28(16-19-12-13-20(25)15-21(19)26)22(24(30)27-17(3)5-2)14-18-10-7-6-8-11-18/h6-8,10-13,15,17,22H,4-5,9,14,16H2,1-3H3,(H,27,30)/t17-,22+/m0/s1. The maximum atomic E-state index is 13.2. The first-order valence-corrected chi connectivity index (χ1v) is 11.2. The van der Waals surface area contributed by atoms with Crippen LogP contribution >= 0.6 is 23.2 Å². The second-order valence-corrected chi connectivity index (χ2v) is 8.37. The molecule has 0 heterocycles. The van der Waals surface area contributed by atoms with Crippen LogP contribution in [-0.2, 0) is 22.6 Å². The van der Waals surface area contributed by atoms with Gasteiger partial charge in [-0.05, 0) is 43.0 Å². The highest BCUT2D eigenvalue weighted by Crippen LogP contribution is 2.24. The van der Waals surface area contributed by atoms with Crippen LogP contribution in [0.4, 0.5) is 0 Å². The summed E-state index contributed by atoms with van der Waals surface area (Å²) in [5.41, 5.74) is 1.76. The SMILES string of the molecule is CCCC(=O)N(Cc1ccc(Cl)cc1Cl)[C@H](Cc1ccccc1)C(=O)N[C@@H](C)CC. The molecule has 0 aliphatic carbocycles. The summed E-state index contributed by atoms with van der Waals surface area (Å²) in [6.45, 7) is 6.19. The van der Waals surface area contributed by atoms with Crippen molar-refractivity contribution in [3.8, 4) is 0 Å². The monoisotopic (exact) mass is 448 g/mol. The van der Waals surface area contributed by atoms with E-state index in [1.165, 1.54) is 0 Å². The quantitative estimate of drug-likeness (QED) is 0.510. The lowest BCUT2D eigenvalue weighted by Crippen LogP contribution is -2.52. The molecule has 0 radical (unpaired) electrons. The second-order valence-electron chi connectivity index (χ2n) is 7.53. The molecule has 4 nitrogen and oxygen atoms in total. The van der Waals surface area contributed by atoms with Crippen molar-refractivity contribution in [1.82, 2.24) is 10.2 Å². The van der Waals surface area contributed by atoms with Crippen molar-refractivity contribution >= 4 is 35.0 Å². The highest BCUT2D eigenvalue weighted by molar-refractivity contribution is 6.35. The summed E-state index contributed by atoms with van der Waals surface area (Å²) in [6, 6.07) is 14.4. The van der Waals surface area contributed by atoms with E-state index in [2.05, 4.69) is 5.32 Å². The van der Waals surface area contributed by atoms with Gasteiger partial charge in [-0.3, -0.25) is 9.59 Å². The molecule has 2 atom stereocenters. The molecule has 0 spiro atoms. The van der Waals surface area contributed by atoms with Crippen molar-refractivity contribution in [3.05, 3.63) is 69.7 Å². The third-order valence-electron chi connectivity index (χ3n) is 5.09. The highest BCUT2D eigenvalue weighted by atomic mass is 35.5. The third kappa shape index (κ3) is 7.03. The molecule has 162 valence electrons. The average Bonchev–Trinajstić information content (AvgIpc) is 2.72. The molecule has 0 fully saturated rings. The molecule has 1 N–H and O–H groups in total. The van der Waals surface area contributed by atoms with E-state index in [4.69, 9.17) is 23.2 Å². The largest absolute Gasteiger partial charge is 0.352 e. The van der Waals surface area contributed by atoms with Gasteiger partial charge in [0, 0.05) is 35.5 Å². The number of hydrogen-bond acceptors (Lipinski definition) is 2. The van der Waals surface area contributed by atoms with Crippen LogP contribution < -0.4 is 5.32 Å². The number of nitrogens with one attached hydrogen (secondary N) is 1. The van der Waals surface area contributed by atoms with Crippen LogP contribution in [0.15, 0.2) is 48.5 Å². The predicted octanol–water partition coefficient (Wildman–Crippen LogP) is 5.65. The normalized spacial score (nSPS) is 12.8. The Hall–Kier alpha value is -2.04. The molecule has 2 amide bonds. The van der Waals surface area contributed by atoms with Gasteiger partial charge >= 0.3 is 0 Å². The van der Waals surface area contributed by atoms with Gasteiger partial charge < -0.3 is 10.2 Å². The van der Waals surface area contributed by atoms with Crippen molar-refractivity contribution in [3.63, 3.8) is 0 Å². The molecule has 0 aliphatic rings. The van der Waals surface area contributed by atoms with E-state index in [0.29, 0.717) is 29.3 Å². The van der Waals surface area contributed by atoms with Crippen LogP contribution in [0.2, 0.25) is 10.0 Å². The van der Waals surface area contributed by atoms with E-state index >= 15 is 0 Å². The van der Waals surface area contributed by atoms with Crippen molar-refractivity contribution in [2.75, 3.05) is 0 Å². The van der Waals surface area contributed by atoms with Gasteiger partial charge in [-0.1, -0.05) is 73.4 Å². The first kappa shape index (κ1) is 24.2. The summed E-state index contributed by atoms with van der Waals surface area (Å²) in [5.74, 6) is -0.216. The summed E-state index contributed by atoms with van der Waals surface area (Å²) < 4.78 is 0. The van der Waals surface area contributed by atoms with E-state index in [1.807, 2.05) is 57.2 Å². The summed E-state index contributed by atoms with van der Waals surface area (Å²) >= 11 is 12.4. The number of carbonyl (C=O) groups excluding carboxylic acids is 2. The molecular weight excluding hydrogens is 419 g/mol. The lowest BCUT2D eigenvalue weighted by Gasteiger charge is -2.32. The molecule has 30 heavy (non-hydrogen) atoms. The number of nitrogens with zero attached hydrogens (tertiary/aromatic N) is 1. The molecule has 0 saturated heterocycles. The Kier molecular flexibility index (Phi) is 9.67. The number of halogens is 2. The molecule has 2 aromatic carbocycles. The molecule has 0 saturated carbocycles. The van der Waals surface area contributed by atoms with E-state index in [9.17, 15) is 9.59 Å². The summed E-state index contributed by atoms with van der Waals surface area (Å²) in [6.07, 6.45) is 2.32. The third-order valence-corrected chi connectivity index (χ3v) is 5.68. The van der Waals surface area contributed by atoms with E-state index in [-0.39, 0.29) is 24.4 Å². The van der Waals surface area contributed by atoms with Crippen LogP contribution in [0.5, 0.6) is 0 Å². The van der Waals surface area contributed by atoms with Gasteiger partial charge in [0.25, 0.3) is 0 Å². The zero-order valence-corrected chi connectivity index (χ0v) is 19.3. The zero-order valence-electron chi connectivity index (χ0n) is 17.8. The van der Waals surface area contributed by atoms with Crippen LogP contribution in [0.1, 0.15) is 51.2 Å². The van der Waals surface area contributed by atoms with Crippen LogP contribution in [0.3, 0.4) is 0 Å². The number of carbonyl (C=O) groups is 2. The van der Waals surface area contributed by atoms with Gasteiger partial charge in [0.05, 0.1) is 0 Å². The van der Waals surface area contributed by atoms with Crippen molar-refractivity contribution in [2.45, 2.75) is 65.1 Å². The van der Waals surface area contributed by atoms with Crippen LogP contribution in [0, 0.1) is 0 Å². The Morgan fingerprint density at radius 1 is 1.07 bits per heavy atom. The molecule has 2 rings (SSSR count). The van der Waals surface area contributed by atoms with Gasteiger partial charge in [-0.2, -0.15) is 0 Å². The molecule has 0 bridgehead atoms. The Morgan fingerprint density at radius 2 is 1.77 bits per heavy atom. The number of amides is 2. The lowest BCUT2D eigenvalue weighted by molar-refractivity contribution is -0.141. The molecule has 6 heteroatoms. The summed E-state index contributed by atoms with van der Waals surface area (Å²) in [5, 5.41) is 4.07. The van der Waals surface area contributed by atoms with E-state index < -0.39 is 6.04 Å². The first-order valence-electron chi connectivity index (χ1n) is 10.4. The van der Waals surface area contributed by atoms with Crippen LogP contribution in [0.25, 0.3) is 0 Å². The van der Waals surface area contributed by atoms with Crippen molar-refractivity contribution in [1.29, 1.82) is 0 Å². The lowest BCUT2D eigenvalue weighted by atomic mass is 10.0. The smallest absolute Gasteiger partial charge is 0.243 e. The maximum absolute atomic E-state index is 13.2. The minimum Gasteiger partial charge on any atom is -0.352 e. The summed E-state index contributed by atoms with van der Waals surface area (Å²) in [7, 11) is 0. The van der Waals surface area contributed by atoms with Gasteiger partial charge in [-0.15, -0.1) is 0 Å².